The Morgan fingerprint density at radius 3 is 2.60 bits per heavy atom. The van der Waals surface area contributed by atoms with Crippen LogP contribution >= 0.6 is 15.9 Å². The number of alkyl halides is 1. The second-order valence-electron chi connectivity index (χ2n) is 4.78. The standard InChI is InChI=1S/C13H18BrNO4S/c1-10-2-4-11(5-3-10)20(17,18)15-8-12(14)13(9-15)19-7-6-16/h2-5,12-13,16H,6-9H2,1H3/t12-,13-/m1/s1. The Morgan fingerprint density at radius 1 is 1.35 bits per heavy atom. The first-order chi connectivity index (χ1) is 9.45. The van der Waals surface area contributed by atoms with Gasteiger partial charge >= 0.3 is 0 Å². The highest BCUT2D eigenvalue weighted by molar-refractivity contribution is 9.09. The normalized spacial score (nSPS) is 24.1. The summed E-state index contributed by atoms with van der Waals surface area (Å²) in [7, 11) is -3.49. The number of sulfonamides is 1. The van der Waals surface area contributed by atoms with E-state index in [9.17, 15) is 8.42 Å². The van der Waals surface area contributed by atoms with Crippen LogP contribution in [-0.4, -0.2) is 55.1 Å². The van der Waals surface area contributed by atoms with E-state index in [4.69, 9.17) is 9.84 Å². The third-order valence-corrected chi connectivity index (χ3v) is 5.97. The van der Waals surface area contributed by atoms with Crippen molar-refractivity contribution in [1.29, 1.82) is 0 Å². The molecule has 0 unspecified atom stereocenters. The highest BCUT2D eigenvalue weighted by Crippen LogP contribution is 2.26. The molecule has 0 aromatic heterocycles. The molecule has 7 heteroatoms. The minimum Gasteiger partial charge on any atom is -0.394 e. The summed E-state index contributed by atoms with van der Waals surface area (Å²) in [4.78, 5) is 0.236. The molecule has 2 rings (SSSR count). The monoisotopic (exact) mass is 363 g/mol. The Bertz CT molecular complexity index is 546. The number of ether oxygens (including phenoxy) is 1. The van der Waals surface area contributed by atoms with Crippen molar-refractivity contribution in [2.45, 2.75) is 22.8 Å². The van der Waals surface area contributed by atoms with Crippen molar-refractivity contribution in [3.05, 3.63) is 29.8 Å². The molecule has 0 spiro atoms. The van der Waals surface area contributed by atoms with Gasteiger partial charge in [0.1, 0.15) is 0 Å². The smallest absolute Gasteiger partial charge is 0.243 e. The molecule has 1 aromatic carbocycles. The Hall–Kier alpha value is -0.470. The summed E-state index contributed by atoms with van der Waals surface area (Å²) in [6.07, 6.45) is -0.234. The molecule has 2 atom stereocenters. The summed E-state index contributed by atoms with van der Waals surface area (Å²) in [6.45, 7) is 2.73. The molecule has 1 aliphatic rings. The number of aryl methyl sites for hydroxylation is 1. The van der Waals surface area contributed by atoms with Gasteiger partial charge in [0.25, 0.3) is 0 Å². The van der Waals surface area contributed by atoms with Gasteiger partial charge in [-0.3, -0.25) is 0 Å². The zero-order valence-electron chi connectivity index (χ0n) is 11.2. The van der Waals surface area contributed by atoms with Crippen LogP contribution < -0.4 is 0 Å². The zero-order chi connectivity index (χ0) is 14.8. The van der Waals surface area contributed by atoms with E-state index in [2.05, 4.69) is 15.9 Å². The Balaban J connectivity index is 2.13. The highest BCUT2D eigenvalue weighted by atomic mass is 79.9. The van der Waals surface area contributed by atoms with Crippen molar-refractivity contribution in [3.63, 3.8) is 0 Å². The molecule has 0 radical (unpaired) electrons. The van der Waals surface area contributed by atoms with Gasteiger partial charge in [0.2, 0.25) is 10.0 Å². The lowest BCUT2D eigenvalue weighted by atomic mass is 10.2. The lowest BCUT2D eigenvalue weighted by Crippen LogP contribution is -2.30. The Kier molecular flexibility index (Phi) is 5.19. The summed E-state index contributed by atoms with van der Waals surface area (Å²) in [5.41, 5.74) is 1.02. The maximum atomic E-state index is 12.5. The number of aliphatic hydroxyl groups is 1. The number of aliphatic hydroxyl groups excluding tert-OH is 1. The number of halogens is 1. The molecular formula is C13H18BrNO4S. The van der Waals surface area contributed by atoms with Crippen LogP contribution in [-0.2, 0) is 14.8 Å². The molecule has 20 heavy (non-hydrogen) atoms. The lowest BCUT2D eigenvalue weighted by Gasteiger charge is -2.16. The average molecular weight is 364 g/mol. The number of benzene rings is 1. The van der Waals surface area contributed by atoms with E-state index in [0.717, 1.165) is 5.56 Å². The molecule has 1 aromatic rings. The van der Waals surface area contributed by atoms with Gasteiger partial charge in [-0.25, -0.2) is 8.42 Å². The third-order valence-electron chi connectivity index (χ3n) is 3.25. The Labute approximate surface area is 127 Å². The van der Waals surface area contributed by atoms with Crippen LogP contribution in [0.15, 0.2) is 29.2 Å². The molecule has 0 aliphatic carbocycles. The van der Waals surface area contributed by atoms with Gasteiger partial charge in [0.05, 0.1) is 29.0 Å². The van der Waals surface area contributed by atoms with Crippen LogP contribution in [0.25, 0.3) is 0 Å². The number of hydrogen-bond acceptors (Lipinski definition) is 4. The fourth-order valence-electron chi connectivity index (χ4n) is 2.12. The number of hydrogen-bond donors (Lipinski definition) is 1. The van der Waals surface area contributed by atoms with E-state index in [1.807, 2.05) is 6.92 Å². The maximum Gasteiger partial charge on any atom is 0.243 e. The first kappa shape index (κ1) is 15.9. The summed E-state index contributed by atoms with van der Waals surface area (Å²) >= 11 is 3.44. The molecule has 1 N–H and O–H groups in total. The van der Waals surface area contributed by atoms with Gasteiger partial charge in [-0.15, -0.1) is 0 Å². The number of rotatable bonds is 5. The lowest BCUT2D eigenvalue weighted by molar-refractivity contribution is 0.0406. The number of nitrogens with zero attached hydrogens (tertiary/aromatic N) is 1. The summed E-state index contributed by atoms with van der Waals surface area (Å²) in [6, 6.07) is 6.81. The molecule has 0 amide bonds. The van der Waals surface area contributed by atoms with Gasteiger partial charge in [-0.2, -0.15) is 4.31 Å². The van der Waals surface area contributed by atoms with Crippen LogP contribution in [0.3, 0.4) is 0 Å². The fourth-order valence-corrected chi connectivity index (χ4v) is 4.46. The predicted molar refractivity (Wildman–Crippen MR) is 79.5 cm³/mol. The maximum absolute atomic E-state index is 12.5. The largest absolute Gasteiger partial charge is 0.394 e. The van der Waals surface area contributed by atoms with Gasteiger partial charge in [-0.05, 0) is 19.1 Å². The highest BCUT2D eigenvalue weighted by Gasteiger charge is 2.38. The molecule has 0 bridgehead atoms. The third kappa shape index (κ3) is 3.40. The van der Waals surface area contributed by atoms with Gasteiger partial charge in [0, 0.05) is 13.1 Å². The van der Waals surface area contributed by atoms with E-state index in [0.29, 0.717) is 18.0 Å². The first-order valence-electron chi connectivity index (χ1n) is 6.38. The van der Waals surface area contributed by atoms with E-state index < -0.39 is 10.0 Å². The molecular weight excluding hydrogens is 346 g/mol. The van der Waals surface area contributed by atoms with Crippen LogP contribution in [0, 0.1) is 6.92 Å². The van der Waals surface area contributed by atoms with E-state index >= 15 is 0 Å². The van der Waals surface area contributed by atoms with Crippen LogP contribution in [0.4, 0.5) is 0 Å². The topological polar surface area (TPSA) is 66.8 Å². The molecule has 1 heterocycles. The second kappa shape index (κ2) is 6.53. The fraction of sp³-hybridized carbons (Fsp3) is 0.538. The molecule has 1 aliphatic heterocycles. The zero-order valence-corrected chi connectivity index (χ0v) is 13.6. The molecule has 5 nitrogen and oxygen atoms in total. The SMILES string of the molecule is Cc1ccc(S(=O)(=O)N2C[C@@H](Br)[C@H](OCCO)C2)cc1. The van der Waals surface area contributed by atoms with Crippen molar-refractivity contribution in [3.8, 4) is 0 Å². The average Bonchev–Trinajstić information content (AvgIpc) is 2.79. The van der Waals surface area contributed by atoms with Crippen LogP contribution in [0.5, 0.6) is 0 Å². The van der Waals surface area contributed by atoms with Crippen LogP contribution in [0.2, 0.25) is 0 Å². The predicted octanol–water partition coefficient (Wildman–Crippen LogP) is 1.14. The minimum absolute atomic E-state index is 0.0609. The second-order valence-corrected chi connectivity index (χ2v) is 7.90. The van der Waals surface area contributed by atoms with Crippen molar-refractivity contribution in [2.24, 2.45) is 0 Å². The Morgan fingerprint density at radius 2 is 2.00 bits per heavy atom. The van der Waals surface area contributed by atoms with Crippen molar-refractivity contribution < 1.29 is 18.3 Å². The molecule has 1 fully saturated rings. The van der Waals surface area contributed by atoms with Crippen molar-refractivity contribution in [1.82, 2.24) is 4.31 Å². The summed E-state index contributed by atoms with van der Waals surface area (Å²) in [5.74, 6) is 0. The van der Waals surface area contributed by atoms with Crippen molar-refractivity contribution >= 4 is 26.0 Å². The van der Waals surface area contributed by atoms with Crippen LogP contribution in [0.1, 0.15) is 5.56 Å². The van der Waals surface area contributed by atoms with Gasteiger partial charge in [-0.1, -0.05) is 33.6 Å². The molecule has 112 valence electrons. The minimum atomic E-state index is -3.49. The first-order valence-corrected chi connectivity index (χ1v) is 8.74. The summed E-state index contributed by atoms with van der Waals surface area (Å²) < 4.78 is 31.9. The summed E-state index contributed by atoms with van der Waals surface area (Å²) in [5, 5.41) is 8.77. The van der Waals surface area contributed by atoms with Gasteiger partial charge < -0.3 is 9.84 Å². The molecule has 1 saturated heterocycles. The van der Waals surface area contributed by atoms with Gasteiger partial charge in [0.15, 0.2) is 0 Å². The quantitative estimate of drug-likeness (QED) is 0.796. The van der Waals surface area contributed by atoms with E-state index in [-0.39, 0.29) is 24.1 Å². The van der Waals surface area contributed by atoms with Crippen molar-refractivity contribution in [2.75, 3.05) is 26.3 Å². The molecule has 0 saturated carbocycles. The van der Waals surface area contributed by atoms with E-state index in [1.54, 1.807) is 24.3 Å². The van der Waals surface area contributed by atoms with E-state index in [1.165, 1.54) is 4.31 Å².